The number of hydrogen-bond acceptors (Lipinski definition) is 10. The van der Waals surface area contributed by atoms with Crippen molar-refractivity contribution in [3.05, 3.63) is 96.2 Å². The molecule has 310 valence electrons. The summed E-state index contributed by atoms with van der Waals surface area (Å²) >= 11 is 1.88. The van der Waals surface area contributed by atoms with Crippen molar-refractivity contribution in [2.75, 3.05) is 24.5 Å². The lowest BCUT2D eigenvalue weighted by Gasteiger charge is -2.64. The van der Waals surface area contributed by atoms with Gasteiger partial charge in [0.1, 0.15) is 11.7 Å². The first kappa shape index (κ1) is 42.3. The van der Waals surface area contributed by atoms with Gasteiger partial charge in [-0.25, -0.2) is 0 Å². The molecule has 0 amide bonds. The molecule has 9 unspecified atom stereocenters. The van der Waals surface area contributed by atoms with Gasteiger partial charge in [0.2, 0.25) is 5.78 Å². The molecule has 1 spiro atoms. The Morgan fingerprint density at radius 1 is 1.00 bits per heavy atom. The Kier molecular flexibility index (Phi) is 10.7. The van der Waals surface area contributed by atoms with E-state index in [4.69, 9.17) is 13.9 Å². The number of aliphatic hydroxyl groups excluding tert-OH is 1. The van der Waals surface area contributed by atoms with E-state index in [0.29, 0.717) is 24.5 Å². The van der Waals surface area contributed by atoms with E-state index in [9.17, 15) is 19.5 Å². The molecule has 4 aliphatic carbocycles. The van der Waals surface area contributed by atoms with Gasteiger partial charge >= 0.3 is 5.97 Å². The van der Waals surface area contributed by atoms with Crippen LogP contribution in [0, 0.1) is 27.6 Å². The molecule has 9 nitrogen and oxygen atoms in total. The zero-order valence-electron chi connectivity index (χ0n) is 35.0. The molecule has 9 rings (SSSR count). The number of anilines is 2. The fraction of sp³-hybridized carbons (Fsp3) is 0.511. The molecule has 2 aliphatic heterocycles. The van der Waals surface area contributed by atoms with Gasteiger partial charge in [0, 0.05) is 46.0 Å². The van der Waals surface area contributed by atoms with E-state index in [1.165, 1.54) is 28.1 Å². The minimum atomic E-state index is -1.17. The Morgan fingerprint density at radius 2 is 1.62 bits per heavy atom. The van der Waals surface area contributed by atoms with Gasteiger partial charge in [0.05, 0.1) is 40.8 Å². The molecule has 11 heteroatoms. The predicted molar refractivity (Wildman–Crippen MR) is 228 cm³/mol. The van der Waals surface area contributed by atoms with Crippen molar-refractivity contribution in [3.63, 3.8) is 0 Å². The number of likely N-dealkylation sites (N-methyl/N-ethyl adjacent to an activating group) is 1. The number of furan rings is 1. The van der Waals surface area contributed by atoms with E-state index >= 15 is 0 Å². The number of rotatable bonds is 7. The molecule has 3 heterocycles. The third kappa shape index (κ3) is 5.82. The van der Waals surface area contributed by atoms with Crippen LogP contribution in [-0.2, 0) is 23.9 Å². The molecular formula is C47H57ClN2O7S. The lowest BCUT2D eigenvalue weighted by atomic mass is 9.38. The number of allylic oxidation sites excluding steroid dienone is 4. The van der Waals surface area contributed by atoms with E-state index in [1.54, 1.807) is 38.5 Å². The number of para-hydroxylation sites is 2. The highest BCUT2D eigenvalue weighted by Gasteiger charge is 2.89. The summed E-state index contributed by atoms with van der Waals surface area (Å²) in [5, 5.41) is 11.5. The maximum atomic E-state index is 14.3. The van der Waals surface area contributed by atoms with Gasteiger partial charge < -0.3 is 23.9 Å². The summed E-state index contributed by atoms with van der Waals surface area (Å²) in [4.78, 5) is 47.3. The number of benzene rings is 2. The van der Waals surface area contributed by atoms with Crippen LogP contribution in [0.4, 0.5) is 11.4 Å². The lowest BCUT2D eigenvalue weighted by molar-refractivity contribution is -0.200. The highest BCUT2D eigenvalue weighted by Crippen LogP contribution is 2.81. The summed E-state index contributed by atoms with van der Waals surface area (Å²) in [6, 6.07) is 20.0. The molecule has 58 heavy (non-hydrogen) atoms. The molecule has 3 aromatic rings. The Hall–Kier alpha value is -3.83. The summed E-state index contributed by atoms with van der Waals surface area (Å²) in [6.07, 6.45) is 7.17. The number of carbonyl (C=O) groups is 3. The Morgan fingerprint density at radius 3 is 2.19 bits per heavy atom. The van der Waals surface area contributed by atoms with Gasteiger partial charge in [0.25, 0.3) is 0 Å². The second-order valence-corrected chi connectivity index (χ2v) is 19.1. The van der Waals surface area contributed by atoms with Gasteiger partial charge in [-0.1, -0.05) is 69.8 Å². The number of ether oxygens (including phenoxy) is 2. The fourth-order valence-electron chi connectivity index (χ4n) is 12.4. The molecule has 2 saturated carbocycles. The number of nitrogens with zero attached hydrogens (tertiary/aromatic N) is 2. The number of hydrogen-bond donors (Lipinski definition) is 1. The zero-order chi connectivity index (χ0) is 40.9. The average molecular weight is 830 g/mol. The fourth-order valence-corrected chi connectivity index (χ4v) is 13.5. The SMILES string of the molecule is CC(=O)OC1CC2(C)C(c3ccoc3)CC3OC32C2(C)C(=O)C(O)=C3C(C)(C)C(=O)C=CC3(C)C12.CCN(CC)C(C)CN1c2ccccc2Sc2ccccc21.Cl. The maximum Gasteiger partial charge on any atom is 0.302 e. The standard InChI is InChI=1S/C28H32O7.C19H24N2S.ClH/c1-14(29)34-17-12-26(5)16(15-8-10-33-13-15)11-19-28(26,35-19)27(6)21(17)25(4)9-7-18(30)24(2,3)22(25)20(31)23(27)32;1-4-20(5-2)15(3)14-21-16-10-6-8-12-18(16)22-19-13-9-7-11-17(19)21;/h7-10,13,16-17,19,21,31H,11-12H2,1-6H3;6-13,15H,4-5,14H2,1-3H3;1H. The topological polar surface area (TPSA) is 113 Å². The largest absolute Gasteiger partial charge is 0.504 e. The second kappa shape index (κ2) is 14.7. The van der Waals surface area contributed by atoms with Crippen molar-refractivity contribution in [3.8, 4) is 0 Å². The Labute approximate surface area is 353 Å². The van der Waals surface area contributed by atoms with Gasteiger partial charge in [-0.2, -0.15) is 0 Å². The van der Waals surface area contributed by atoms with Crippen LogP contribution >= 0.6 is 24.2 Å². The van der Waals surface area contributed by atoms with Crippen LogP contribution in [0.15, 0.2) is 105 Å². The highest BCUT2D eigenvalue weighted by atomic mass is 35.5. The number of esters is 1. The van der Waals surface area contributed by atoms with Gasteiger partial charge in [0.15, 0.2) is 11.5 Å². The average Bonchev–Trinajstić information content (AvgIpc) is 3.53. The van der Waals surface area contributed by atoms with Crippen molar-refractivity contribution in [2.24, 2.45) is 27.6 Å². The van der Waals surface area contributed by atoms with Crippen LogP contribution in [0.1, 0.15) is 86.6 Å². The van der Waals surface area contributed by atoms with E-state index in [2.05, 4.69) is 86.0 Å². The second-order valence-electron chi connectivity index (χ2n) is 18.0. The Bertz CT molecular complexity index is 2140. The van der Waals surface area contributed by atoms with Crippen molar-refractivity contribution in [1.82, 2.24) is 4.90 Å². The molecule has 0 radical (unpaired) electrons. The number of aliphatic hydroxyl groups is 1. The summed E-state index contributed by atoms with van der Waals surface area (Å²) < 4.78 is 17.9. The van der Waals surface area contributed by atoms with Crippen LogP contribution in [0.25, 0.3) is 0 Å². The minimum Gasteiger partial charge on any atom is -0.504 e. The minimum absolute atomic E-state index is 0. The molecule has 9 atom stereocenters. The van der Waals surface area contributed by atoms with Crippen LogP contribution in [0.2, 0.25) is 0 Å². The van der Waals surface area contributed by atoms with Gasteiger partial charge in [-0.05, 0) is 107 Å². The van der Waals surface area contributed by atoms with E-state index < -0.39 is 51.0 Å². The first-order valence-electron chi connectivity index (χ1n) is 20.5. The molecule has 1 aromatic heterocycles. The molecule has 1 N–H and O–H groups in total. The number of carbonyl (C=O) groups excluding carboxylic acids is 3. The molecule has 2 aromatic carbocycles. The summed E-state index contributed by atoms with van der Waals surface area (Å²) in [5.41, 5.74) is -0.382. The van der Waals surface area contributed by atoms with E-state index in [-0.39, 0.29) is 36.0 Å². The highest BCUT2D eigenvalue weighted by molar-refractivity contribution is 7.99. The van der Waals surface area contributed by atoms with Crippen molar-refractivity contribution < 1.29 is 33.4 Å². The number of ketones is 2. The predicted octanol–water partition coefficient (Wildman–Crippen LogP) is 9.88. The summed E-state index contributed by atoms with van der Waals surface area (Å²) in [6.45, 7) is 20.9. The van der Waals surface area contributed by atoms with E-state index in [1.807, 2.05) is 31.7 Å². The zero-order valence-corrected chi connectivity index (χ0v) is 36.7. The van der Waals surface area contributed by atoms with Crippen molar-refractivity contribution in [2.45, 2.75) is 115 Å². The molecule has 3 fully saturated rings. The van der Waals surface area contributed by atoms with Crippen LogP contribution < -0.4 is 4.90 Å². The third-order valence-corrected chi connectivity index (χ3v) is 15.9. The lowest BCUT2D eigenvalue weighted by Crippen LogP contribution is -2.70. The van der Waals surface area contributed by atoms with Crippen LogP contribution in [0.3, 0.4) is 0 Å². The first-order chi connectivity index (χ1) is 27.0. The van der Waals surface area contributed by atoms with Crippen LogP contribution in [0.5, 0.6) is 0 Å². The van der Waals surface area contributed by atoms with E-state index in [0.717, 1.165) is 25.2 Å². The monoisotopic (exact) mass is 828 g/mol. The van der Waals surface area contributed by atoms with Crippen molar-refractivity contribution in [1.29, 1.82) is 0 Å². The number of fused-ring (bicyclic) bond motifs is 5. The molecule has 6 aliphatic rings. The molecular weight excluding hydrogens is 772 g/mol. The van der Waals surface area contributed by atoms with Crippen molar-refractivity contribution >= 4 is 53.1 Å². The Balaban J connectivity index is 0.000000192. The number of Topliss-reactive ketones (excluding diaryl/α,β-unsaturated/α-hetero) is 1. The van der Waals surface area contributed by atoms with Crippen LogP contribution in [-0.4, -0.2) is 71.0 Å². The normalized spacial score (nSPS) is 33.9. The smallest absolute Gasteiger partial charge is 0.302 e. The molecule has 0 bridgehead atoms. The maximum absolute atomic E-state index is 14.3. The quantitative estimate of drug-likeness (QED) is 0.183. The first-order valence-corrected chi connectivity index (χ1v) is 21.3. The molecule has 1 saturated heterocycles. The number of epoxide rings is 1. The van der Waals surface area contributed by atoms with Gasteiger partial charge in [-0.3, -0.25) is 19.3 Å². The summed E-state index contributed by atoms with van der Waals surface area (Å²) in [5.74, 6) is -1.84. The van der Waals surface area contributed by atoms with Gasteiger partial charge in [-0.15, -0.1) is 12.4 Å². The summed E-state index contributed by atoms with van der Waals surface area (Å²) in [7, 11) is 0. The third-order valence-electron chi connectivity index (χ3n) is 14.8. The number of halogens is 1.